The van der Waals surface area contributed by atoms with Gasteiger partial charge in [0, 0.05) is 55.9 Å². The van der Waals surface area contributed by atoms with Crippen LogP contribution in [0.2, 0.25) is 0 Å². The molecule has 2 aliphatic carbocycles. The molecule has 0 radical (unpaired) electrons. The first-order valence-electron chi connectivity index (χ1n) is 18.2. The number of nitrogens with two attached hydrogens (primary N) is 1. The lowest BCUT2D eigenvalue weighted by Crippen LogP contribution is -2.25. The maximum atomic E-state index is 6.94. The van der Waals surface area contributed by atoms with E-state index in [9.17, 15) is 0 Å². The lowest BCUT2D eigenvalue weighted by Gasteiger charge is -2.30. The average Bonchev–Trinajstić information content (AvgIpc) is 3.73. The summed E-state index contributed by atoms with van der Waals surface area (Å²) < 4.78 is 9.35. The zero-order valence-electron chi connectivity index (χ0n) is 30.0. The number of furan rings is 1. The van der Waals surface area contributed by atoms with Gasteiger partial charge in [0.05, 0.1) is 16.6 Å². The van der Waals surface area contributed by atoms with Crippen LogP contribution in [-0.2, 0) is 11.8 Å². The van der Waals surface area contributed by atoms with Crippen LogP contribution in [0.4, 0.5) is 0 Å². The van der Waals surface area contributed by atoms with Gasteiger partial charge in [0.15, 0.2) is 5.84 Å². The standard InChI is InChI=1S/C48H40N4O/c1-32(47(2)28-13-6-14-29-47)50-46(51-45(49)33-17-7-4-8-18-33)39-24-15-23-38-36-27-30-48(3,31-42(36)53-44(38)39)40-25-16-22-37-35-21-11-12-26-41(35)52(43(37)40)34-19-9-5-10-20-34/h4-28,30H,1,29,31H2,2-3H3,(H2,49,50,51)/t47-,48?/m1/s1. The second-order valence-corrected chi connectivity index (χ2v) is 14.6. The van der Waals surface area contributed by atoms with Gasteiger partial charge in [0.25, 0.3) is 0 Å². The van der Waals surface area contributed by atoms with Crippen molar-refractivity contribution in [2.24, 2.45) is 21.1 Å². The zero-order valence-corrected chi connectivity index (χ0v) is 30.0. The first-order valence-corrected chi connectivity index (χ1v) is 18.2. The van der Waals surface area contributed by atoms with Crippen LogP contribution in [0.5, 0.6) is 0 Å². The molecule has 2 atom stereocenters. The Labute approximate surface area is 309 Å². The molecule has 258 valence electrons. The van der Waals surface area contributed by atoms with E-state index in [-0.39, 0.29) is 10.8 Å². The highest BCUT2D eigenvalue weighted by Crippen LogP contribution is 2.45. The Morgan fingerprint density at radius 3 is 2.26 bits per heavy atom. The summed E-state index contributed by atoms with van der Waals surface area (Å²) in [7, 11) is 0. The van der Waals surface area contributed by atoms with E-state index in [1.54, 1.807) is 0 Å². The minimum absolute atomic E-state index is 0.346. The molecule has 2 N–H and O–H groups in total. The molecule has 0 amide bonds. The van der Waals surface area contributed by atoms with E-state index in [4.69, 9.17) is 20.1 Å². The molecule has 2 aliphatic rings. The monoisotopic (exact) mass is 688 g/mol. The fourth-order valence-corrected chi connectivity index (χ4v) is 7.98. The second kappa shape index (κ2) is 12.6. The quantitative estimate of drug-likeness (QED) is 0.140. The predicted octanol–water partition coefficient (Wildman–Crippen LogP) is 11.2. The Morgan fingerprint density at radius 2 is 1.47 bits per heavy atom. The van der Waals surface area contributed by atoms with Crippen molar-refractivity contribution in [2.45, 2.75) is 32.1 Å². The highest BCUT2D eigenvalue weighted by Gasteiger charge is 2.35. The number of fused-ring (bicyclic) bond motifs is 6. The molecular formula is C48H40N4O. The van der Waals surface area contributed by atoms with Crippen molar-refractivity contribution in [3.63, 3.8) is 0 Å². The molecule has 5 nitrogen and oxygen atoms in total. The van der Waals surface area contributed by atoms with E-state index in [2.05, 4.69) is 140 Å². The molecule has 0 spiro atoms. The molecule has 0 aliphatic heterocycles. The fourth-order valence-electron chi connectivity index (χ4n) is 7.98. The maximum Gasteiger partial charge on any atom is 0.165 e. The fraction of sp³-hybridized carbons (Fsp3) is 0.125. The van der Waals surface area contributed by atoms with E-state index in [0.717, 1.165) is 45.5 Å². The van der Waals surface area contributed by atoms with E-state index < -0.39 is 0 Å². The Hall–Kier alpha value is -6.46. The number of hydrogen-bond donors (Lipinski definition) is 1. The van der Waals surface area contributed by atoms with Gasteiger partial charge >= 0.3 is 0 Å². The van der Waals surface area contributed by atoms with Crippen molar-refractivity contribution in [3.8, 4) is 5.69 Å². The van der Waals surface area contributed by atoms with Crippen molar-refractivity contribution >= 4 is 50.5 Å². The largest absolute Gasteiger partial charge is 0.460 e. The molecule has 5 heteroatoms. The number of amidine groups is 2. The molecule has 5 aromatic carbocycles. The van der Waals surface area contributed by atoms with E-state index >= 15 is 0 Å². The van der Waals surface area contributed by atoms with Gasteiger partial charge < -0.3 is 14.7 Å². The SMILES string of the molecule is C=C(/N=C(\N=C(/N)c1ccccc1)c1cccc2c3c(oc12)CC(C)(c1cccc2c4ccccc4n(-c4ccccc4)c12)C=C3)[C@]1(C)C=CC=CC1. The summed E-state index contributed by atoms with van der Waals surface area (Å²) in [5.74, 6) is 1.78. The third-order valence-corrected chi connectivity index (χ3v) is 11.0. The molecule has 0 saturated carbocycles. The Balaban J connectivity index is 1.18. The average molecular weight is 689 g/mol. The van der Waals surface area contributed by atoms with Crippen LogP contribution in [0, 0.1) is 5.41 Å². The van der Waals surface area contributed by atoms with Crippen molar-refractivity contribution < 1.29 is 4.42 Å². The lowest BCUT2D eigenvalue weighted by molar-refractivity contribution is 0.476. The van der Waals surface area contributed by atoms with Gasteiger partial charge in [-0.15, -0.1) is 0 Å². The van der Waals surface area contributed by atoms with Gasteiger partial charge in [-0.2, -0.15) is 0 Å². The Bertz CT molecular complexity index is 2720. The molecule has 7 aromatic rings. The van der Waals surface area contributed by atoms with Gasteiger partial charge in [0.1, 0.15) is 17.2 Å². The normalized spacial score (nSPS) is 20.0. The first kappa shape index (κ1) is 32.4. The summed E-state index contributed by atoms with van der Waals surface area (Å²) in [5.41, 5.74) is 14.9. The number of nitrogens with zero attached hydrogens (tertiary/aromatic N) is 3. The minimum atomic E-state index is -0.349. The highest BCUT2D eigenvalue weighted by molar-refractivity contribution is 6.16. The number of hydrogen-bond acceptors (Lipinski definition) is 2. The molecule has 53 heavy (non-hydrogen) atoms. The second-order valence-electron chi connectivity index (χ2n) is 14.6. The van der Waals surface area contributed by atoms with Gasteiger partial charge in [-0.3, -0.25) is 0 Å². The summed E-state index contributed by atoms with van der Waals surface area (Å²) in [5, 5.41) is 3.50. The van der Waals surface area contributed by atoms with Gasteiger partial charge in [-0.05, 0) is 36.2 Å². The van der Waals surface area contributed by atoms with Crippen LogP contribution < -0.4 is 5.73 Å². The molecule has 0 fully saturated rings. The first-order chi connectivity index (χ1) is 25.8. The van der Waals surface area contributed by atoms with Crippen LogP contribution in [0.1, 0.15) is 48.3 Å². The molecule has 1 unspecified atom stereocenters. The summed E-state index contributed by atoms with van der Waals surface area (Å²) >= 11 is 0. The van der Waals surface area contributed by atoms with Crippen molar-refractivity contribution in [1.82, 2.24) is 4.57 Å². The van der Waals surface area contributed by atoms with Crippen LogP contribution in [0.3, 0.4) is 0 Å². The zero-order chi connectivity index (χ0) is 36.2. The van der Waals surface area contributed by atoms with Gasteiger partial charge in [0.2, 0.25) is 0 Å². The van der Waals surface area contributed by atoms with Crippen molar-refractivity contribution in [2.75, 3.05) is 0 Å². The topological polar surface area (TPSA) is 68.8 Å². The Morgan fingerprint density at radius 1 is 0.755 bits per heavy atom. The molecule has 0 bridgehead atoms. The third-order valence-electron chi connectivity index (χ3n) is 11.0. The summed E-state index contributed by atoms with van der Waals surface area (Å²) in [4.78, 5) is 10.1. The van der Waals surface area contributed by atoms with Crippen LogP contribution >= 0.6 is 0 Å². The summed E-state index contributed by atoms with van der Waals surface area (Å²) in [6, 6.07) is 42.0. The predicted molar refractivity (Wildman–Crippen MR) is 221 cm³/mol. The van der Waals surface area contributed by atoms with Gasteiger partial charge in [-0.1, -0.05) is 154 Å². The molecular weight excluding hydrogens is 649 g/mol. The lowest BCUT2D eigenvalue weighted by atomic mass is 9.74. The van der Waals surface area contributed by atoms with Crippen molar-refractivity contribution in [1.29, 1.82) is 0 Å². The highest BCUT2D eigenvalue weighted by atomic mass is 16.3. The smallest absolute Gasteiger partial charge is 0.165 e. The van der Waals surface area contributed by atoms with E-state index in [0.29, 0.717) is 23.8 Å². The Kier molecular flexibility index (Phi) is 7.74. The number of allylic oxidation sites excluding steroid dienone is 5. The molecule has 9 rings (SSSR count). The molecule has 2 heterocycles. The van der Waals surface area contributed by atoms with Crippen LogP contribution in [0.25, 0.3) is 44.5 Å². The van der Waals surface area contributed by atoms with Crippen LogP contribution in [0.15, 0.2) is 178 Å². The minimum Gasteiger partial charge on any atom is -0.460 e. The van der Waals surface area contributed by atoms with E-state index in [1.807, 2.05) is 42.5 Å². The number of aromatic nitrogens is 1. The van der Waals surface area contributed by atoms with Crippen molar-refractivity contribution in [3.05, 3.63) is 192 Å². The number of benzene rings is 5. The molecule has 0 saturated heterocycles. The van der Waals surface area contributed by atoms with E-state index in [1.165, 1.54) is 27.4 Å². The molecule has 2 aromatic heterocycles. The van der Waals surface area contributed by atoms with Crippen LogP contribution in [-0.4, -0.2) is 16.2 Å². The van der Waals surface area contributed by atoms with Gasteiger partial charge in [-0.25, -0.2) is 9.98 Å². The maximum absolute atomic E-state index is 6.94. The number of rotatable bonds is 6. The third kappa shape index (κ3) is 5.48. The number of aliphatic imine (C=N–C) groups is 2. The summed E-state index contributed by atoms with van der Waals surface area (Å²) in [6.45, 7) is 8.90. The number of para-hydroxylation sites is 4. The summed E-state index contributed by atoms with van der Waals surface area (Å²) in [6.07, 6.45) is 14.5.